The van der Waals surface area contributed by atoms with Crippen LogP contribution in [0.2, 0.25) is 0 Å². The van der Waals surface area contributed by atoms with E-state index in [1.165, 1.54) is 16.3 Å². The fourth-order valence-corrected chi connectivity index (χ4v) is 2.45. The molecule has 0 aromatic heterocycles. The van der Waals surface area contributed by atoms with E-state index in [0.29, 0.717) is 6.61 Å². The summed E-state index contributed by atoms with van der Waals surface area (Å²) in [5.41, 5.74) is 1.24. The maximum absolute atomic E-state index is 5.78. The highest BCUT2D eigenvalue weighted by Gasteiger charge is 2.08. The summed E-state index contributed by atoms with van der Waals surface area (Å²) in [5.74, 6) is 0.980. The van der Waals surface area contributed by atoms with E-state index in [4.69, 9.17) is 9.47 Å². The Hall–Kier alpha value is -1.58. The minimum Gasteiger partial charge on any atom is -0.494 e. The molecule has 0 aliphatic heterocycles. The number of hydrogen-bond donors (Lipinski definition) is 1. The van der Waals surface area contributed by atoms with E-state index in [9.17, 15) is 0 Å². The molecule has 21 heavy (non-hydrogen) atoms. The van der Waals surface area contributed by atoms with Gasteiger partial charge >= 0.3 is 0 Å². The first-order chi connectivity index (χ1) is 10.4. The van der Waals surface area contributed by atoms with Gasteiger partial charge in [-0.1, -0.05) is 30.3 Å². The van der Waals surface area contributed by atoms with E-state index in [1.54, 1.807) is 0 Å². The van der Waals surface area contributed by atoms with Gasteiger partial charge in [-0.3, -0.25) is 0 Å². The van der Waals surface area contributed by atoms with Gasteiger partial charge in [0.25, 0.3) is 0 Å². The van der Waals surface area contributed by atoms with Crippen molar-refractivity contribution in [2.24, 2.45) is 0 Å². The molecule has 0 atom stereocenters. The highest BCUT2D eigenvalue weighted by Crippen LogP contribution is 2.28. The van der Waals surface area contributed by atoms with Crippen molar-refractivity contribution in [1.82, 2.24) is 5.32 Å². The van der Waals surface area contributed by atoms with Crippen LogP contribution in [0.25, 0.3) is 10.8 Å². The van der Waals surface area contributed by atoms with Gasteiger partial charge in [0.2, 0.25) is 0 Å². The Labute approximate surface area is 127 Å². The molecule has 0 saturated heterocycles. The van der Waals surface area contributed by atoms with Crippen LogP contribution in [0.1, 0.15) is 25.8 Å². The van der Waals surface area contributed by atoms with E-state index >= 15 is 0 Å². The van der Waals surface area contributed by atoms with E-state index in [1.807, 2.05) is 13.8 Å². The van der Waals surface area contributed by atoms with E-state index in [2.05, 4.69) is 41.7 Å². The van der Waals surface area contributed by atoms with Crippen LogP contribution >= 0.6 is 0 Å². The van der Waals surface area contributed by atoms with Crippen LogP contribution in [0, 0.1) is 0 Å². The third-order valence-corrected chi connectivity index (χ3v) is 3.45. The van der Waals surface area contributed by atoms with Gasteiger partial charge in [-0.05, 0) is 43.7 Å². The summed E-state index contributed by atoms with van der Waals surface area (Å²) in [6, 6.07) is 12.7. The first-order valence-electron chi connectivity index (χ1n) is 7.78. The van der Waals surface area contributed by atoms with Crippen LogP contribution in [0.3, 0.4) is 0 Å². The van der Waals surface area contributed by atoms with E-state index in [-0.39, 0.29) is 0 Å². The Morgan fingerprint density at radius 2 is 1.86 bits per heavy atom. The Morgan fingerprint density at radius 1 is 1.00 bits per heavy atom. The smallest absolute Gasteiger partial charge is 0.124 e. The molecule has 2 aromatic carbocycles. The number of rotatable bonds is 9. The zero-order valence-electron chi connectivity index (χ0n) is 13.0. The van der Waals surface area contributed by atoms with Crippen molar-refractivity contribution < 1.29 is 9.47 Å². The van der Waals surface area contributed by atoms with Gasteiger partial charge < -0.3 is 14.8 Å². The number of ether oxygens (including phenoxy) is 2. The van der Waals surface area contributed by atoms with Crippen LogP contribution in [0.5, 0.6) is 5.75 Å². The molecule has 114 valence electrons. The number of hydrogen-bond acceptors (Lipinski definition) is 3. The highest BCUT2D eigenvalue weighted by atomic mass is 16.5. The topological polar surface area (TPSA) is 30.5 Å². The van der Waals surface area contributed by atoms with E-state index < -0.39 is 0 Å². The summed E-state index contributed by atoms with van der Waals surface area (Å²) < 4.78 is 11.1. The molecule has 2 aromatic rings. The molecule has 3 nitrogen and oxygen atoms in total. The van der Waals surface area contributed by atoms with Crippen LogP contribution < -0.4 is 10.1 Å². The molecule has 0 fully saturated rings. The van der Waals surface area contributed by atoms with E-state index in [0.717, 1.165) is 38.5 Å². The van der Waals surface area contributed by atoms with Gasteiger partial charge in [0.1, 0.15) is 5.75 Å². The Kier molecular flexibility index (Phi) is 6.51. The minimum atomic E-state index is 0.690. The predicted molar refractivity (Wildman–Crippen MR) is 87.9 cm³/mol. The lowest BCUT2D eigenvalue weighted by Gasteiger charge is -2.14. The Balaban J connectivity index is 2.06. The van der Waals surface area contributed by atoms with Crippen LogP contribution in [0.15, 0.2) is 36.4 Å². The first-order valence-corrected chi connectivity index (χ1v) is 7.78. The second-order valence-electron chi connectivity index (χ2n) is 4.92. The Morgan fingerprint density at radius 3 is 2.67 bits per heavy atom. The summed E-state index contributed by atoms with van der Waals surface area (Å²) in [6.07, 6.45) is 1.03. The molecule has 0 aliphatic rings. The van der Waals surface area contributed by atoms with Crippen molar-refractivity contribution in [2.45, 2.75) is 26.8 Å². The van der Waals surface area contributed by atoms with Gasteiger partial charge in [-0.25, -0.2) is 0 Å². The van der Waals surface area contributed by atoms with Crippen molar-refractivity contribution in [3.63, 3.8) is 0 Å². The van der Waals surface area contributed by atoms with Crippen molar-refractivity contribution in [2.75, 3.05) is 26.4 Å². The summed E-state index contributed by atoms with van der Waals surface area (Å²) in [7, 11) is 0. The molecule has 0 aliphatic carbocycles. The van der Waals surface area contributed by atoms with Gasteiger partial charge in [0.15, 0.2) is 0 Å². The molecule has 0 heterocycles. The SMILES string of the molecule is CCOCCCNCc1c(OCC)ccc2ccccc12. The Bertz CT molecular complexity index is 554. The van der Waals surface area contributed by atoms with Gasteiger partial charge in [-0.15, -0.1) is 0 Å². The van der Waals surface area contributed by atoms with Crippen LogP contribution in [0.4, 0.5) is 0 Å². The number of nitrogens with one attached hydrogen (secondary N) is 1. The van der Waals surface area contributed by atoms with Crippen molar-refractivity contribution in [3.8, 4) is 5.75 Å². The first kappa shape index (κ1) is 15.8. The third kappa shape index (κ3) is 4.45. The monoisotopic (exact) mass is 287 g/mol. The second-order valence-corrected chi connectivity index (χ2v) is 4.92. The normalized spacial score (nSPS) is 11.0. The number of benzene rings is 2. The number of fused-ring (bicyclic) bond motifs is 1. The summed E-state index contributed by atoms with van der Waals surface area (Å²) in [4.78, 5) is 0. The average Bonchev–Trinajstić information content (AvgIpc) is 2.52. The zero-order chi connectivity index (χ0) is 14.9. The molecular formula is C18H25NO2. The second kappa shape index (κ2) is 8.65. The molecule has 0 spiro atoms. The summed E-state index contributed by atoms with van der Waals surface area (Å²) in [5, 5.41) is 6.01. The molecule has 0 radical (unpaired) electrons. The van der Waals surface area contributed by atoms with Gasteiger partial charge in [-0.2, -0.15) is 0 Å². The zero-order valence-corrected chi connectivity index (χ0v) is 13.0. The summed E-state index contributed by atoms with van der Waals surface area (Å²) >= 11 is 0. The molecule has 3 heteroatoms. The maximum atomic E-state index is 5.78. The average molecular weight is 287 g/mol. The molecule has 1 N–H and O–H groups in total. The molecule has 0 unspecified atom stereocenters. The predicted octanol–water partition coefficient (Wildman–Crippen LogP) is 3.75. The standard InChI is InChI=1S/C18H25NO2/c1-3-20-13-7-12-19-14-17-16-9-6-5-8-15(16)10-11-18(17)21-4-2/h5-6,8-11,19H,3-4,7,12-14H2,1-2H3. The lowest BCUT2D eigenvalue weighted by atomic mass is 10.0. The molecule has 0 amide bonds. The summed E-state index contributed by atoms with van der Waals surface area (Å²) in [6.45, 7) is 8.12. The minimum absolute atomic E-state index is 0.690. The third-order valence-electron chi connectivity index (χ3n) is 3.45. The lowest BCUT2D eigenvalue weighted by Crippen LogP contribution is -2.17. The van der Waals surface area contributed by atoms with Gasteiger partial charge in [0, 0.05) is 25.3 Å². The molecule has 2 rings (SSSR count). The fourth-order valence-electron chi connectivity index (χ4n) is 2.45. The molecular weight excluding hydrogens is 262 g/mol. The van der Waals surface area contributed by atoms with Crippen molar-refractivity contribution >= 4 is 10.8 Å². The maximum Gasteiger partial charge on any atom is 0.124 e. The lowest BCUT2D eigenvalue weighted by molar-refractivity contribution is 0.144. The van der Waals surface area contributed by atoms with Crippen LogP contribution in [-0.2, 0) is 11.3 Å². The highest BCUT2D eigenvalue weighted by molar-refractivity contribution is 5.87. The fraction of sp³-hybridized carbons (Fsp3) is 0.444. The van der Waals surface area contributed by atoms with Crippen molar-refractivity contribution in [3.05, 3.63) is 42.0 Å². The quantitative estimate of drug-likeness (QED) is 0.712. The van der Waals surface area contributed by atoms with Gasteiger partial charge in [0.05, 0.1) is 6.61 Å². The molecule has 0 bridgehead atoms. The van der Waals surface area contributed by atoms with Crippen LogP contribution in [-0.4, -0.2) is 26.4 Å². The molecule has 0 saturated carbocycles. The largest absolute Gasteiger partial charge is 0.494 e. The van der Waals surface area contributed by atoms with Crippen molar-refractivity contribution in [1.29, 1.82) is 0 Å².